The number of hydrogen-bond acceptors (Lipinski definition) is 6. The number of carboxylic acid groups (broad SMARTS) is 1. The SMILES string of the molecule is C[C@H](NC(=O)OC(C)(C)C)C(=O)NCc1ccnc([NH2+]/C(=C\C(=N)C(F)(F)F)C(=O)O)c1. The van der Waals surface area contributed by atoms with Gasteiger partial charge in [0, 0.05) is 24.9 Å². The zero-order chi connectivity index (χ0) is 24.7. The van der Waals surface area contributed by atoms with Gasteiger partial charge in [0.1, 0.15) is 17.4 Å². The van der Waals surface area contributed by atoms with Crippen molar-refractivity contribution in [1.82, 2.24) is 15.6 Å². The normalized spacial score (nSPS) is 13.2. The van der Waals surface area contributed by atoms with Gasteiger partial charge in [-0.25, -0.2) is 14.6 Å². The molecule has 0 saturated carbocycles. The molecule has 1 aromatic heterocycles. The molecule has 0 spiro atoms. The molecular weight excluding hydrogens is 435 g/mol. The molecule has 0 aliphatic carbocycles. The molecule has 1 rings (SSSR count). The number of nitrogens with zero attached hydrogens (tertiary/aromatic N) is 1. The lowest BCUT2D eigenvalue weighted by atomic mass is 10.2. The Labute approximate surface area is 181 Å². The van der Waals surface area contributed by atoms with Crippen LogP contribution < -0.4 is 16.0 Å². The van der Waals surface area contributed by atoms with Gasteiger partial charge in [0.05, 0.1) is 0 Å². The van der Waals surface area contributed by atoms with Crippen molar-refractivity contribution >= 4 is 29.5 Å². The highest BCUT2D eigenvalue weighted by Gasteiger charge is 2.34. The zero-order valence-electron chi connectivity index (χ0n) is 17.8. The van der Waals surface area contributed by atoms with Crippen molar-refractivity contribution in [3.63, 3.8) is 0 Å². The lowest BCUT2D eigenvalue weighted by Gasteiger charge is -2.21. The van der Waals surface area contributed by atoms with Crippen LogP contribution >= 0.6 is 0 Å². The first-order valence-electron chi connectivity index (χ1n) is 9.26. The minimum atomic E-state index is -4.99. The maximum absolute atomic E-state index is 12.5. The number of ether oxygens (including phenoxy) is 1. The number of nitrogens with two attached hydrogens (primary N) is 1. The number of carbonyl (C=O) groups excluding carboxylic acids is 2. The van der Waals surface area contributed by atoms with Crippen LogP contribution in [0.3, 0.4) is 0 Å². The Balaban J connectivity index is 2.77. The lowest BCUT2D eigenvalue weighted by molar-refractivity contribution is -0.516. The Kier molecular flexibility index (Phi) is 8.88. The smallest absolute Gasteiger partial charge is 0.432 e. The topological polar surface area (TPSA) is 158 Å². The molecule has 32 heavy (non-hydrogen) atoms. The van der Waals surface area contributed by atoms with E-state index in [1.165, 1.54) is 25.3 Å². The van der Waals surface area contributed by atoms with E-state index in [-0.39, 0.29) is 18.4 Å². The summed E-state index contributed by atoms with van der Waals surface area (Å²) in [6, 6.07) is 1.96. The Hall–Kier alpha value is -3.48. The van der Waals surface area contributed by atoms with Gasteiger partial charge in [0.25, 0.3) is 0 Å². The van der Waals surface area contributed by atoms with E-state index >= 15 is 0 Å². The quantitative estimate of drug-likeness (QED) is 0.291. The number of quaternary nitrogens is 1. The van der Waals surface area contributed by atoms with Gasteiger partial charge >= 0.3 is 18.2 Å². The lowest BCUT2D eigenvalue weighted by Crippen LogP contribution is -2.78. The highest BCUT2D eigenvalue weighted by molar-refractivity contribution is 6.01. The van der Waals surface area contributed by atoms with Crippen molar-refractivity contribution in [2.24, 2.45) is 0 Å². The van der Waals surface area contributed by atoms with Gasteiger partial charge in [-0.2, -0.15) is 13.2 Å². The number of rotatable bonds is 8. The summed E-state index contributed by atoms with van der Waals surface area (Å²) in [6.45, 7) is 6.45. The van der Waals surface area contributed by atoms with Gasteiger partial charge in [0.2, 0.25) is 17.4 Å². The highest BCUT2D eigenvalue weighted by atomic mass is 19.4. The van der Waals surface area contributed by atoms with E-state index in [9.17, 15) is 27.6 Å². The molecule has 0 aliphatic heterocycles. The van der Waals surface area contributed by atoms with Gasteiger partial charge in [-0.15, -0.1) is 0 Å². The van der Waals surface area contributed by atoms with Crippen molar-refractivity contribution in [2.75, 3.05) is 0 Å². The van der Waals surface area contributed by atoms with Crippen LogP contribution in [0.2, 0.25) is 0 Å². The molecule has 0 aromatic carbocycles. The average molecular weight is 460 g/mol. The van der Waals surface area contributed by atoms with Crippen molar-refractivity contribution < 1.29 is 42.7 Å². The van der Waals surface area contributed by atoms with Crippen LogP contribution in [0.1, 0.15) is 33.3 Å². The van der Waals surface area contributed by atoms with E-state index in [0.29, 0.717) is 5.56 Å². The standard InChI is InChI=1S/C19H24F3N5O5/c1-10(26-17(31)32-18(2,3)4)15(28)25-9-11-5-6-24-14(7-11)27-12(16(29)30)8-13(23)19(20,21)22/h5-8,10,23H,9H2,1-4H3,(H,24,27)(H,25,28)(H,26,31)(H,29,30)/p+1/b12-8-,23-13?/t10-/m0/s1. The summed E-state index contributed by atoms with van der Waals surface area (Å²) >= 11 is 0. The van der Waals surface area contributed by atoms with Crippen molar-refractivity contribution in [2.45, 2.75) is 52.1 Å². The monoisotopic (exact) mass is 460 g/mol. The number of carboxylic acids is 1. The Morgan fingerprint density at radius 1 is 1.31 bits per heavy atom. The van der Waals surface area contributed by atoms with E-state index in [0.717, 1.165) is 5.32 Å². The third kappa shape index (κ3) is 9.55. The number of allylic oxidation sites excluding steroid dienone is 1. The summed E-state index contributed by atoms with van der Waals surface area (Å²) in [6.07, 6.45) is -4.29. The second-order valence-electron chi connectivity index (χ2n) is 7.64. The molecule has 1 atom stereocenters. The van der Waals surface area contributed by atoms with Gasteiger partial charge in [0.15, 0.2) is 0 Å². The summed E-state index contributed by atoms with van der Waals surface area (Å²) in [5.74, 6) is -2.18. The van der Waals surface area contributed by atoms with Crippen LogP contribution in [-0.4, -0.2) is 51.6 Å². The predicted octanol–water partition coefficient (Wildman–Crippen LogP) is 1.36. The number of amides is 2. The number of pyridine rings is 1. The Morgan fingerprint density at radius 2 is 1.94 bits per heavy atom. The van der Waals surface area contributed by atoms with Crippen molar-refractivity contribution in [3.8, 4) is 0 Å². The maximum atomic E-state index is 12.5. The second-order valence-corrected chi connectivity index (χ2v) is 7.64. The fourth-order valence-corrected chi connectivity index (χ4v) is 2.14. The van der Waals surface area contributed by atoms with E-state index in [4.69, 9.17) is 15.3 Å². The predicted molar refractivity (Wildman–Crippen MR) is 106 cm³/mol. The molecule has 0 fully saturated rings. The molecule has 2 amide bonds. The van der Waals surface area contributed by atoms with Gasteiger partial charge in [-0.3, -0.25) is 15.5 Å². The summed E-state index contributed by atoms with van der Waals surface area (Å²) in [5.41, 5.74) is -2.86. The second kappa shape index (κ2) is 10.7. The van der Waals surface area contributed by atoms with E-state index in [2.05, 4.69) is 15.6 Å². The molecule has 0 radical (unpaired) electrons. The van der Waals surface area contributed by atoms with E-state index in [1.54, 1.807) is 20.8 Å². The third-order valence-corrected chi connectivity index (χ3v) is 3.59. The first-order chi connectivity index (χ1) is 14.6. The van der Waals surface area contributed by atoms with Crippen molar-refractivity contribution in [1.29, 1.82) is 5.41 Å². The number of nitrogens with one attached hydrogen (secondary N) is 3. The number of aliphatic carboxylic acids is 1. The molecule has 0 bridgehead atoms. The van der Waals surface area contributed by atoms with Gasteiger partial charge in [-0.05, 0) is 39.3 Å². The van der Waals surface area contributed by atoms with E-state index < -0.39 is 47.2 Å². The highest BCUT2D eigenvalue weighted by Crippen LogP contribution is 2.17. The fourth-order valence-electron chi connectivity index (χ4n) is 2.14. The van der Waals surface area contributed by atoms with Crippen LogP contribution in [0.5, 0.6) is 0 Å². The molecule has 176 valence electrons. The minimum Gasteiger partial charge on any atom is -0.474 e. The summed E-state index contributed by atoms with van der Waals surface area (Å²) in [7, 11) is 0. The molecule has 10 nitrogen and oxygen atoms in total. The average Bonchev–Trinajstić information content (AvgIpc) is 2.63. The maximum Gasteiger partial charge on any atom is 0.432 e. The molecule has 0 aliphatic rings. The van der Waals surface area contributed by atoms with Crippen LogP contribution in [-0.2, 0) is 20.9 Å². The molecule has 1 aromatic rings. The minimum absolute atomic E-state index is 0.0142. The number of halogens is 3. The van der Waals surface area contributed by atoms with Gasteiger partial charge in [-0.1, -0.05) is 0 Å². The molecule has 0 saturated heterocycles. The van der Waals surface area contributed by atoms with Crippen LogP contribution in [0.4, 0.5) is 23.8 Å². The van der Waals surface area contributed by atoms with E-state index in [1.807, 2.05) is 0 Å². The fraction of sp³-hybridized carbons (Fsp3) is 0.421. The largest absolute Gasteiger partial charge is 0.474 e. The zero-order valence-corrected chi connectivity index (χ0v) is 17.8. The molecule has 0 unspecified atom stereocenters. The number of carbonyl (C=O) groups is 3. The molecule has 6 N–H and O–H groups in total. The number of aromatic nitrogens is 1. The third-order valence-electron chi connectivity index (χ3n) is 3.59. The molecule has 1 heterocycles. The first kappa shape index (κ1) is 26.6. The number of hydrogen-bond donors (Lipinski definition) is 5. The Morgan fingerprint density at radius 3 is 2.47 bits per heavy atom. The number of alkyl carbamates (subject to hydrolysis) is 1. The summed E-state index contributed by atoms with van der Waals surface area (Å²) in [5, 5.41) is 21.8. The molecule has 13 heteroatoms. The number of alkyl halides is 3. The van der Waals surface area contributed by atoms with Crippen molar-refractivity contribution in [3.05, 3.63) is 35.7 Å². The summed E-state index contributed by atoms with van der Waals surface area (Å²) in [4.78, 5) is 39.0. The molecular formula is C19H25F3N5O5+. The first-order valence-corrected chi connectivity index (χ1v) is 9.26. The van der Waals surface area contributed by atoms with Crippen LogP contribution in [0.15, 0.2) is 30.1 Å². The van der Waals surface area contributed by atoms with Gasteiger partial charge < -0.3 is 20.5 Å². The van der Waals surface area contributed by atoms with Crippen LogP contribution in [0, 0.1) is 5.41 Å². The summed E-state index contributed by atoms with van der Waals surface area (Å²) < 4.78 is 42.6. The van der Waals surface area contributed by atoms with Crippen LogP contribution in [0.25, 0.3) is 0 Å². The Bertz CT molecular complexity index is 909.